The van der Waals surface area contributed by atoms with Crippen molar-refractivity contribution in [1.29, 1.82) is 0 Å². The van der Waals surface area contributed by atoms with E-state index in [-0.39, 0.29) is 11.4 Å². The summed E-state index contributed by atoms with van der Waals surface area (Å²) in [6, 6.07) is 0. The lowest BCUT2D eigenvalue weighted by Gasteiger charge is -2.37. The zero-order valence-corrected chi connectivity index (χ0v) is 9.35. The largest absolute Gasteiger partial charge is 0.354 e. The van der Waals surface area contributed by atoms with Gasteiger partial charge in [0.2, 0.25) is 5.91 Å². The summed E-state index contributed by atoms with van der Waals surface area (Å²) in [7, 11) is 0. The zero-order chi connectivity index (χ0) is 11.4. The number of amides is 1. The molecule has 1 aliphatic carbocycles. The molecule has 0 unspecified atom stereocenters. The molecule has 2 rings (SSSR count). The first-order valence-corrected chi connectivity index (χ1v) is 5.69. The van der Waals surface area contributed by atoms with Gasteiger partial charge in [0.1, 0.15) is 0 Å². The zero-order valence-electron chi connectivity index (χ0n) is 9.35. The van der Waals surface area contributed by atoms with E-state index in [1.165, 1.54) is 0 Å². The molecule has 5 heteroatoms. The van der Waals surface area contributed by atoms with E-state index in [9.17, 15) is 4.79 Å². The average molecular weight is 222 g/mol. The van der Waals surface area contributed by atoms with E-state index < -0.39 is 0 Å². The van der Waals surface area contributed by atoms with E-state index in [1.54, 1.807) is 12.5 Å². The molecule has 0 spiro atoms. The summed E-state index contributed by atoms with van der Waals surface area (Å²) in [5.74, 6) is 0.0577. The molecule has 1 heterocycles. The summed E-state index contributed by atoms with van der Waals surface area (Å²) in [4.78, 5) is 15.5. The van der Waals surface area contributed by atoms with Crippen LogP contribution in [0.4, 0.5) is 0 Å². The molecule has 0 aromatic carbocycles. The maximum atomic E-state index is 11.6. The van der Waals surface area contributed by atoms with Crippen molar-refractivity contribution in [2.45, 2.75) is 37.8 Å². The summed E-state index contributed by atoms with van der Waals surface area (Å²) in [6.45, 7) is 1.38. The van der Waals surface area contributed by atoms with Gasteiger partial charge in [0.15, 0.2) is 0 Å². The number of nitrogens with zero attached hydrogens (tertiary/aromatic N) is 2. The molecule has 1 amide bonds. The second-order valence-electron chi connectivity index (χ2n) is 4.54. The molecule has 1 fully saturated rings. The van der Waals surface area contributed by atoms with Gasteiger partial charge in [-0.1, -0.05) is 0 Å². The Morgan fingerprint density at radius 2 is 2.38 bits per heavy atom. The van der Waals surface area contributed by atoms with Crippen LogP contribution in [-0.2, 0) is 11.3 Å². The average Bonchev–Trinajstić information content (AvgIpc) is 2.68. The third kappa shape index (κ3) is 2.82. The Bertz CT molecular complexity index is 343. The molecule has 1 aliphatic rings. The maximum Gasteiger partial charge on any atom is 0.221 e. The van der Waals surface area contributed by atoms with Crippen molar-refractivity contribution in [1.82, 2.24) is 14.9 Å². The fraction of sp³-hybridized carbons (Fsp3) is 0.636. The molecule has 0 saturated heterocycles. The van der Waals surface area contributed by atoms with Crippen molar-refractivity contribution >= 4 is 5.91 Å². The summed E-state index contributed by atoms with van der Waals surface area (Å²) >= 11 is 0. The highest BCUT2D eigenvalue weighted by Crippen LogP contribution is 2.31. The summed E-state index contributed by atoms with van der Waals surface area (Å²) < 4.78 is 1.93. The lowest BCUT2D eigenvalue weighted by Crippen LogP contribution is -2.50. The van der Waals surface area contributed by atoms with E-state index in [4.69, 9.17) is 5.73 Å². The molecule has 1 saturated carbocycles. The quantitative estimate of drug-likeness (QED) is 0.751. The van der Waals surface area contributed by atoms with E-state index in [0.717, 1.165) is 25.8 Å². The minimum Gasteiger partial charge on any atom is -0.354 e. The minimum absolute atomic E-state index is 0.0577. The smallest absolute Gasteiger partial charge is 0.221 e. The van der Waals surface area contributed by atoms with E-state index in [1.807, 2.05) is 10.8 Å². The number of carbonyl (C=O) groups is 1. The first-order valence-electron chi connectivity index (χ1n) is 5.69. The van der Waals surface area contributed by atoms with E-state index >= 15 is 0 Å². The Morgan fingerprint density at radius 1 is 1.56 bits per heavy atom. The summed E-state index contributed by atoms with van der Waals surface area (Å²) in [5, 5.41) is 2.88. The highest BCUT2D eigenvalue weighted by atomic mass is 16.1. The van der Waals surface area contributed by atoms with Gasteiger partial charge < -0.3 is 15.6 Å². The van der Waals surface area contributed by atoms with Crippen molar-refractivity contribution in [3.8, 4) is 0 Å². The second-order valence-corrected chi connectivity index (χ2v) is 4.54. The van der Waals surface area contributed by atoms with Gasteiger partial charge in [0.05, 0.1) is 6.33 Å². The molecule has 3 N–H and O–H groups in total. The van der Waals surface area contributed by atoms with Gasteiger partial charge in [-0.15, -0.1) is 0 Å². The Hall–Kier alpha value is -1.36. The molecule has 5 nitrogen and oxygen atoms in total. The predicted octanol–water partition coefficient (Wildman–Crippen LogP) is 0.271. The lowest BCUT2D eigenvalue weighted by atomic mass is 9.75. The number of nitrogens with one attached hydrogen (secondary N) is 1. The third-order valence-electron chi connectivity index (χ3n) is 3.11. The van der Waals surface area contributed by atoms with Gasteiger partial charge in [-0.3, -0.25) is 4.79 Å². The van der Waals surface area contributed by atoms with Crippen LogP contribution in [0.1, 0.15) is 25.7 Å². The standard InChI is InChI=1S/C11H18N4O/c12-11(2-1-3-11)8-10(16)14-5-7-15-6-4-13-9-15/h4,6,9H,1-3,5,7-8,12H2,(H,14,16). The predicted molar refractivity (Wildman–Crippen MR) is 60.6 cm³/mol. The van der Waals surface area contributed by atoms with Crippen LogP contribution in [0.3, 0.4) is 0 Å². The minimum atomic E-state index is -0.223. The van der Waals surface area contributed by atoms with Gasteiger partial charge in [-0.2, -0.15) is 0 Å². The summed E-state index contributed by atoms with van der Waals surface area (Å²) in [5.41, 5.74) is 5.77. The summed E-state index contributed by atoms with van der Waals surface area (Å²) in [6.07, 6.45) is 8.90. The highest BCUT2D eigenvalue weighted by Gasteiger charge is 2.34. The normalized spacial score (nSPS) is 17.8. The number of hydrogen-bond donors (Lipinski definition) is 2. The number of aromatic nitrogens is 2. The molecule has 88 valence electrons. The van der Waals surface area contributed by atoms with Crippen LogP contribution in [-0.4, -0.2) is 27.5 Å². The van der Waals surface area contributed by atoms with Crippen LogP contribution in [0.5, 0.6) is 0 Å². The van der Waals surface area contributed by atoms with Gasteiger partial charge in [0.25, 0.3) is 0 Å². The Kier molecular flexibility index (Phi) is 3.24. The molecule has 16 heavy (non-hydrogen) atoms. The first kappa shape index (κ1) is 11.1. The Labute approximate surface area is 95.0 Å². The van der Waals surface area contributed by atoms with Crippen molar-refractivity contribution in [3.05, 3.63) is 18.7 Å². The highest BCUT2D eigenvalue weighted by molar-refractivity contribution is 5.77. The molecule has 0 aliphatic heterocycles. The maximum absolute atomic E-state index is 11.6. The van der Waals surface area contributed by atoms with Crippen molar-refractivity contribution in [3.63, 3.8) is 0 Å². The fourth-order valence-corrected chi connectivity index (χ4v) is 1.93. The topological polar surface area (TPSA) is 72.9 Å². The van der Waals surface area contributed by atoms with Crippen molar-refractivity contribution < 1.29 is 4.79 Å². The van der Waals surface area contributed by atoms with E-state index in [2.05, 4.69) is 10.3 Å². The Morgan fingerprint density at radius 3 is 2.94 bits per heavy atom. The molecule has 0 bridgehead atoms. The molecule has 1 aromatic rings. The number of carbonyl (C=O) groups excluding carboxylic acids is 1. The number of rotatable bonds is 5. The van der Waals surface area contributed by atoms with Crippen LogP contribution < -0.4 is 11.1 Å². The molecule has 0 atom stereocenters. The van der Waals surface area contributed by atoms with Gasteiger partial charge >= 0.3 is 0 Å². The Balaban J connectivity index is 1.64. The third-order valence-corrected chi connectivity index (χ3v) is 3.11. The second kappa shape index (κ2) is 4.65. The molecule has 0 radical (unpaired) electrons. The first-order chi connectivity index (χ1) is 7.68. The number of imidazole rings is 1. The van der Waals surface area contributed by atoms with Gasteiger partial charge in [-0.05, 0) is 19.3 Å². The van der Waals surface area contributed by atoms with Crippen LogP contribution in [0.25, 0.3) is 0 Å². The van der Waals surface area contributed by atoms with Crippen LogP contribution >= 0.6 is 0 Å². The van der Waals surface area contributed by atoms with Crippen molar-refractivity contribution in [2.75, 3.05) is 6.54 Å². The number of nitrogens with two attached hydrogens (primary N) is 1. The van der Waals surface area contributed by atoms with E-state index in [0.29, 0.717) is 13.0 Å². The van der Waals surface area contributed by atoms with Crippen molar-refractivity contribution in [2.24, 2.45) is 5.73 Å². The van der Waals surface area contributed by atoms with Crippen LogP contribution in [0, 0.1) is 0 Å². The SMILES string of the molecule is NC1(CC(=O)NCCn2ccnc2)CCC1. The molecule has 1 aromatic heterocycles. The number of hydrogen-bond acceptors (Lipinski definition) is 3. The fourth-order valence-electron chi connectivity index (χ4n) is 1.93. The molecular weight excluding hydrogens is 204 g/mol. The van der Waals surface area contributed by atoms with Crippen LogP contribution in [0.2, 0.25) is 0 Å². The molecular formula is C11H18N4O. The monoisotopic (exact) mass is 222 g/mol. The van der Waals surface area contributed by atoms with Crippen LogP contribution in [0.15, 0.2) is 18.7 Å². The van der Waals surface area contributed by atoms with Gasteiger partial charge in [-0.25, -0.2) is 4.98 Å². The van der Waals surface area contributed by atoms with Gasteiger partial charge in [0, 0.05) is 37.4 Å². The lowest BCUT2D eigenvalue weighted by molar-refractivity contribution is -0.123.